The minimum Gasteiger partial charge on any atom is -0.496 e. The second-order valence-corrected chi connectivity index (χ2v) is 6.96. The van der Waals surface area contributed by atoms with Crippen LogP contribution in [0.2, 0.25) is 0 Å². The molecule has 0 saturated carbocycles. The molecule has 3 amide bonds. The molecule has 0 aliphatic carbocycles. The first-order valence-corrected chi connectivity index (χ1v) is 9.50. The zero-order valence-corrected chi connectivity index (χ0v) is 16.4. The molecule has 1 aromatic heterocycles. The molecule has 2 heterocycles. The van der Waals surface area contributed by atoms with Gasteiger partial charge in [0.05, 0.1) is 12.6 Å². The first-order valence-electron chi connectivity index (χ1n) is 9.50. The summed E-state index contributed by atoms with van der Waals surface area (Å²) in [6.45, 7) is 3.65. The smallest absolute Gasteiger partial charge is 0.323 e. The second-order valence-electron chi connectivity index (χ2n) is 6.96. The van der Waals surface area contributed by atoms with E-state index < -0.39 is 0 Å². The van der Waals surface area contributed by atoms with Crippen molar-refractivity contribution >= 4 is 28.7 Å². The molecule has 150 valence electrons. The van der Waals surface area contributed by atoms with E-state index in [9.17, 15) is 9.59 Å². The van der Waals surface area contributed by atoms with E-state index in [1.54, 1.807) is 23.8 Å². The fraction of sp³-hybridized carbons (Fsp3) is 0.286. The zero-order valence-electron chi connectivity index (χ0n) is 16.4. The first-order chi connectivity index (χ1) is 14.1. The van der Waals surface area contributed by atoms with Gasteiger partial charge in [0, 0.05) is 44.1 Å². The van der Waals surface area contributed by atoms with Gasteiger partial charge in [0.2, 0.25) is 5.91 Å². The predicted octanol–water partition coefficient (Wildman–Crippen LogP) is 2.93. The molecular formula is C21H23N5O3. The third-order valence-corrected chi connectivity index (χ3v) is 5.22. The van der Waals surface area contributed by atoms with Crippen LogP contribution in [0, 0.1) is 0 Å². The van der Waals surface area contributed by atoms with Gasteiger partial charge in [-0.05, 0) is 23.8 Å². The standard InChI is InChI=1S/C21H23N5O3/c1-14(27)25-9-11-26(12-10-25)21(28)22-20-17-8-7-15(13-18(17)23-24-20)16-5-3-4-6-19(16)29-2/h3-8,13H,9-12H2,1-2H3,(H2,22,23,24,28). The fourth-order valence-corrected chi connectivity index (χ4v) is 3.57. The van der Waals surface area contributed by atoms with Gasteiger partial charge in [-0.3, -0.25) is 15.2 Å². The monoisotopic (exact) mass is 393 g/mol. The number of rotatable bonds is 3. The maximum absolute atomic E-state index is 12.6. The molecular weight excluding hydrogens is 370 g/mol. The molecule has 0 spiro atoms. The number of carbonyl (C=O) groups is 2. The molecule has 0 bridgehead atoms. The molecule has 29 heavy (non-hydrogen) atoms. The van der Waals surface area contributed by atoms with E-state index in [0.717, 1.165) is 27.8 Å². The van der Waals surface area contributed by atoms with E-state index in [1.807, 2.05) is 42.5 Å². The van der Waals surface area contributed by atoms with Crippen LogP contribution in [-0.2, 0) is 4.79 Å². The number of hydrogen-bond donors (Lipinski definition) is 2. The van der Waals surface area contributed by atoms with Crippen molar-refractivity contribution in [2.24, 2.45) is 0 Å². The lowest BCUT2D eigenvalue weighted by Crippen LogP contribution is -2.51. The second kappa shape index (κ2) is 7.83. The van der Waals surface area contributed by atoms with Gasteiger partial charge >= 0.3 is 6.03 Å². The van der Waals surface area contributed by atoms with Crippen molar-refractivity contribution in [3.8, 4) is 16.9 Å². The van der Waals surface area contributed by atoms with Crippen molar-refractivity contribution in [2.45, 2.75) is 6.92 Å². The van der Waals surface area contributed by atoms with Crippen molar-refractivity contribution in [3.05, 3.63) is 42.5 Å². The number of benzene rings is 2. The van der Waals surface area contributed by atoms with Crippen molar-refractivity contribution in [3.63, 3.8) is 0 Å². The minimum absolute atomic E-state index is 0.0363. The molecule has 0 unspecified atom stereocenters. The highest BCUT2D eigenvalue weighted by Crippen LogP contribution is 2.32. The summed E-state index contributed by atoms with van der Waals surface area (Å²) < 4.78 is 5.45. The summed E-state index contributed by atoms with van der Waals surface area (Å²) in [7, 11) is 1.65. The molecule has 3 aromatic rings. The molecule has 2 N–H and O–H groups in total. The lowest BCUT2D eigenvalue weighted by atomic mass is 10.0. The van der Waals surface area contributed by atoms with Crippen LogP contribution >= 0.6 is 0 Å². The molecule has 1 aliphatic heterocycles. The normalized spacial score (nSPS) is 14.1. The molecule has 2 aromatic carbocycles. The summed E-state index contributed by atoms with van der Waals surface area (Å²) in [6.07, 6.45) is 0. The predicted molar refractivity (Wildman–Crippen MR) is 111 cm³/mol. The van der Waals surface area contributed by atoms with Crippen molar-refractivity contribution in [1.82, 2.24) is 20.0 Å². The van der Waals surface area contributed by atoms with Gasteiger partial charge in [0.25, 0.3) is 0 Å². The van der Waals surface area contributed by atoms with Gasteiger partial charge in [-0.2, -0.15) is 5.10 Å². The Morgan fingerprint density at radius 2 is 1.79 bits per heavy atom. The van der Waals surface area contributed by atoms with Crippen LogP contribution in [0.25, 0.3) is 22.0 Å². The third kappa shape index (κ3) is 3.73. The quantitative estimate of drug-likeness (QED) is 0.716. The van der Waals surface area contributed by atoms with Gasteiger partial charge in [-0.1, -0.05) is 24.3 Å². The minimum atomic E-state index is -0.213. The van der Waals surface area contributed by atoms with Crippen LogP contribution in [-0.4, -0.2) is 65.2 Å². The summed E-state index contributed by atoms with van der Waals surface area (Å²) >= 11 is 0. The molecule has 1 fully saturated rings. The topological polar surface area (TPSA) is 90.6 Å². The van der Waals surface area contributed by atoms with Crippen LogP contribution in [0.5, 0.6) is 5.75 Å². The average molecular weight is 393 g/mol. The molecule has 0 atom stereocenters. The summed E-state index contributed by atoms with van der Waals surface area (Å²) in [5.41, 5.74) is 2.81. The Morgan fingerprint density at radius 1 is 1.07 bits per heavy atom. The van der Waals surface area contributed by atoms with E-state index in [1.165, 1.54) is 0 Å². The maximum Gasteiger partial charge on any atom is 0.323 e. The van der Waals surface area contributed by atoms with Crippen LogP contribution < -0.4 is 10.1 Å². The number of methoxy groups -OCH3 is 1. The lowest BCUT2D eigenvalue weighted by Gasteiger charge is -2.33. The van der Waals surface area contributed by atoms with E-state index in [2.05, 4.69) is 15.5 Å². The van der Waals surface area contributed by atoms with Gasteiger partial charge < -0.3 is 14.5 Å². The number of piperazine rings is 1. The molecule has 1 saturated heterocycles. The summed E-state index contributed by atoms with van der Waals surface area (Å²) in [5.74, 6) is 1.32. The van der Waals surface area contributed by atoms with Crippen molar-refractivity contribution in [1.29, 1.82) is 0 Å². The Morgan fingerprint density at radius 3 is 2.52 bits per heavy atom. The van der Waals surface area contributed by atoms with Crippen molar-refractivity contribution in [2.75, 3.05) is 38.6 Å². The number of nitrogens with zero attached hydrogens (tertiary/aromatic N) is 3. The van der Waals surface area contributed by atoms with Crippen molar-refractivity contribution < 1.29 is 14.3 Å². The number of carbonyl (C=O) groups excluding carboxylic acids is 2. The van der Waals surface area contributed by atoms with E-state index in [-0.39, 0.29) is 11.9 Å². The average Bonchev–Trinajstić information content (AvgIpc) is 3.15. The third-order valence-electron chi connectivity index (χ3n) is 5.22. The Kier molecular flexibility index (Phi) is 5.07. The van der Waals surface area contributed by atoms with Gasteiger partial charge in [0.1, 0.15) is 5.75 Å². The SMILES string of the molecule is COc1ccccc1-c1ccc2c(NC(=O)N3CCN(C(C)=O)CC3)n[nH]c2c1. The highest BCUT2D eigenvalue weighted by molar-refractivity contribution is 6.00. The molecule has 4 rings (SSSR count). The Labute approximate surface area is 168 Å². The zero-order chi connectivity index (χ0) is 20.4. The summed E-state index contributed by atoms with van der Waals surface area (Å²) in [4.78, 5) is 27.5. The van der Waals surface area contributed by atoms with Crippen LogP contribution in [0.15, 0.2) is 42.5 Å². The number of aromatic amines is 1. The highest BCUT2D eigenvalue weighted by Gasteiger charge is 2.23. The van der Waals surface area contributed by atoms with Gasteiger partial charge in [0.15, 0.2) is 5.82 Å². The molecule has 8 heteroatoms. The number of nitrogens with one attached hydrogen (secondary N) is 2. The van der Waals surface area contributed by atoms with Crippen LogP contribution in [0.4, 0.5) is 10.6 Å². The number of anilines is 1. The number of ether oxygens (including phenoxy) is 1. The van der Waals surface area contributed by atoms with Gasteiger partial charge in [-0.25, -0.2) is 4.79 Å². The number of hydrogen-bond acceptors (Lipinski definition) is 4. The van der Waals surface area contributed by atoms with Gasteiger partial charge in [-0.15, -0.1) is 0 Å². The lowest BCUT2D eigenvalue weighted by molar-refractivity contribution is -0.130. The number of urea groups is 1. The number of aromatic nitrogens is 2. The molecule has 1 aliphatic rings. The number of fused-ring (bicyclic) bond motifs is 1. The van der Waals surface area contributed by atoms with Crippen LogP contribution in [0.1, 0.15) is 6.92 Å². The Hall–Kier alpha value is -3.55. The highest BCUT2D eigenvalue weighted by atomic mass is 16.5. The number of para-hydroxylation sites is 1. The fourth-order valence-electron chi connectivity index (χ4n) is 3.57. The van der Waals surface area contributed by atoms with E-state index in [0.29, 0.717) is 32.0 Å². The van der Waals surface area contributed by atoms with Crippen LogP contribution in [0.3, 0.4) is 0 Å². The largest absolute Gasteiger partial charge is 0.496 e. The number of H-pyrrole nitrogens is 1. The summed E-state index contributed by atoms with van der Waals surface area (Å²) in [6, 6.07) is 13.5. The maximum atomic E-state index is 12.6. The first kappa shape index (κ1) is 18.8. The molecule has 8 nitrogen and oxygen atoms in total. The summed E-state index contributed by atoms with van der Waals surface area (Å²) in [5, 5.41) is 11.0. The number of amides is 3. The van der Waals surface area contributed by atoms with E-state index >= 15 is 0 Å². The Bertz CT molecular complexity index is 1050. The molecule has 0 radical (unpaired) electrons. The Balaban J connectivity index is 1.51. The van der Waals surface area contributed by atoms with E-state index in [4.69, 9.17) is 4.74 Å².